The molecule has 0 aliphatic carbocycles. The fraction of sp³-hybridized carbons (Fsp3) is 0.357. The van der Waals surface area contributed by atoms with Gasteiger partial charge in [0.25, 0.3) is 0 Å². The first-order valence-corrected chi connectivity index (χ1v) is 7.61. The molecule has 0 aliphatic heterocycles. The molecule has 0 radical (unpaired) electrons. The Morgan fingerprint density at radius 2 is 2.05 bits per heavy atom. The Morgan fingerprint density at radius 1 is 1.30 bits per heavy atom. The van der Waals surface area contributed by atoms with E-state index in [0.29, 0.717) is 13.1 Å². The third-order valence-corrected chi connectivity index (χ3v) is 4.59. The highest BCUT2D eigenvalue weighted by molar-refractivity contribution is 7.19. The minimum absolute atomic E-state index is 0.0771. The van der Waals surface area contributed by atoms with Crippen molar-refractivity contribution in [3.05, 3.63) is 34.2 Å². The number of urea groups is 1. The molecule has 4 nitrogen and oxygen atoms in total. The van der Waals surface area contributed by atoms with E-state index in [1.165, 1.54) is 9.60 Å². The van der Waals surface area contributed by atoms with Crippen LogP contribution in [0.4, 0.5) is 4.79 Å². The number of benzene rings is 1. The molecule has 2 amide bonds. The Balaban J connectivity index is 1.81. The van der Waals surface area contributed by atoms with Crippen LogP contribution in [0, 0.1) is 0 Å². The molecule has 0 saturated heterocycles. The van der Waals surface area contributed by atoms with Crippen LogP contribution in [0.25, 0.3) is 10.1 Å². The minimum atomic E-state index is -0.0771. The smallest absolute Gasteiger partial charge is 0.316 e. The van der Waals surface area contributed by atoms with E-state index in [4.69, 9.17) is 11.6 Å². The van der Waals surface area contributed by atoms with E-state index >= 15 is 0 Å². The summed E-state index contributed by atoms with van der Waals surface area (Å²) in [6.07, 6.45) is 0. The van der Waals surface area contributed by atoms with Gasteiger partial charge in [-0.2, -0.15) is 0 Å². The molecule has 2 rings (SSSR count). The second kappa shape index (κ2) is 6.92. The van der Waals surface area contributed by atoms with Gasteiger partial charge in [0.1, 0.15) is 0 Å². The Morgan fingerprint density at radius 3 is 2.75 bits per heavy atom. The molecule has 0 spiro atoms. The standard InChI is InChI=1S/C14H18ClN3OS/c1-18(2)14(19)17-8-7-16-9-12-13(15)10-5-3-4-6-11(10)20-12/h3-6,16H,7-9H2,1-2H3,(H,17,19). The summed E-state index contributed by atoms with van der Waals surface area (Å²) in [5.74, 6) is 0. The number of hydrogen-bond acceptors (Lipinski definition) is 3. The van der Waals surface area contributed by atoms with Crippen LogP contribution >= 0.6 is 22.9 Å². The first-order chi connectivity index (χ1) is 9.59. The van der Waals surface area contributed by atoms with Crippen molar-refractivity contribution in [1.82, 2.24) is 15.5 Å². The maximum atomic E-state index is 11.3. The average molecular weight is 312 g/mol. The SMILES string of the molecule is CN(C)C(=O)NCCNCc1sc2ccccc2c1Cl. The van der Waals surface area contributed by atoms with E-state index in [0.717, 1.165) is 21.8 Å². The summed E-state index contributed by atoms with van der Waals surface area (Å²) in [4.78, 5) is 14.0. The second-order valence-corrected chi connectivity index (χ2v) is 6.15. The molecular weight excluding hydrogens is 294 g/mol. The molecule has 2 N–H and O–H groups in total. The molecule has 0 fully saturated rings. The first kappa shape index (κ1) is 15.1. The highest BCUT2D eigenvalue weighted by Gasteiger charge is 2.09. The lowest BCUT2D eigenvalue weighted by Gasteiger charge is -2.11. The fourth-order valence-electron chi connectivity index (χ4n) is 1.80. The Hall–Kier alpha value is -1.30. The second-order valence-electron chi connectivity index (χ2n) is 4.64. The summed E-state index contributed by atoms with van der Waals surface area (Å²) < 4.78 is 1.20. The van der Waals surface area contributed by atoms with Gasteiger partial charge in [-0.1, -0.05) is 29.8 Å². The molecule has 1 aromatic heterocycles. The number of halogens is 1. The predicted molar refractivity (Wildman–Crippen MR) is 85.6 cm³/mol. The van der Waals surface area contributed by atoms with Gasteiger partial charge in [0.05, 0.1) is 5.02 Å². The van der Waals surface area contributed by atoms with E-state index in [1.54, 1.807) is 25.4 Å². The van der Waals surface area contributed by atoms with Crippen LogP contribution in [0.15, 0.2) is 24.3 Å². The molecule has 0 unspecified atom stereocenters. The van der Waals surface area contributed by atoms with Crippen LogP contribution in [0.2, 0.25) is 5.02 Å². The normalized spacial score (nSPS) is 10.8. The molecule has 20 heavy (non-hydrogen) atoms. The zero-order chi connectivity index (χ0) is 14.5. The summed E-state index contributed by atoms with van der Waals surface area (Å²) in [5, 5.41) is 8.03. The number of rotatable bonds is 5. The molecule has 1 aromatic carbocycles. The van der Waals surface area contributed by atoms with E-state index in [-0.39, 0.29) is 6.03 Å². The third kappa shape index (κ3) is 3.62. The zero-order valence-corrected chi connectivity index (χ0v) is 13.1. The lowest BCUT2D eigenvalue weighted by molar-refractivity contribution is 0.217. The van der Waals surface area contributed by atoms with Crippen molar-refractivity contribution in [1.29, 1.82) is 0 Å². The number of hydrogen-bond donors (Lipinski definition) is 2. The molecule has 2 aromatic rings. The molecule has 1 heterocycles. The summed E-state index contributed by atoms with van der Waals surface area (Å²) in [7, 11) is 3.44. The van der Waals surface area contributed by atoms with E-state index in [9.17, 15) is 4.79 Å². The van der Waals surface area contributed by atoms with Crippen molar-refractivity contribution >= 4 is 39.1 Å². The molecule has 6 heteroatoms. The molecule has 0 atom stereocenters. The number of carbonyl (C=O) groups excluding carboxylic acids is 1. The number of thiophene rings is 1. The highest BCUT2D eigenvalue weighted by atomic mass is 35.5. The molecule has 0 bridgehead atoms. The lowest BCUT2D eigenvalue weighted by Crippen LogP contribution is -2.38. The van der Waals surface area contributed by atoms with Gasteiger partial charge in [0.15, 0.2) is 0 Å². The summed E-state index contributed by atoms with van der Waals surface area (Å²) in [6, 6.07) is 8.05. The fourth-order valence-corrected chi connectivity index (χ4v) is 3.27. The van der Waals surface area contributed by atoms with Gasteiger partial charge in [-0.25, -0.2) is 4.79 Å². The molecule has 108 valence electrons. The van der Waals surface area contributed by atoms with Gasteiger partial charge in [-0.3, -0.25) is 0 Å². The maximum absolute atomic E-state index is 11.3. The molecule has 0 aliphatic rings. The van der Waals surface area contributed by atoms with Crippen molar-refractivity contribution in [2.45, 2.75) is 6.54 Å². The van der Waals surface area contributed by atoms with Gasteiger partial charge >= 0.3 is 6.03 Å². The van der Waals surface area contributed by atoms with Crippen molar-refractivity contribution in [3.63, 3.8) is 0 Å². The topological polar surface area (TPSA) is 44.4 Å². The van der Waals surface area contributed by atoms with Crippen LogP contribution in [-0.4, -0.2) is 38.1 Å². The number of nitrogens with one attached hydrogen (secondary N) is 2. The first-order valence-electron chi connectivity index (χ1n) is 6.41. The highest BCUT2D eigenvalue weighted by Crippen LogP contribution is 2.34. The van der Waals surface area contributed by atoms with Gasteiger partial charge in [-0.05, 0) is 6.07 Å². The van der Waals surface area contributed by atoms with Crippen LogP contribution in [0.3, 0.4) is 0 Å². The van der Waals surface area contributed by atoms with Crippen molar-refractivity contribution < 1.29 is 4.79 Å². The predicted octanol–water partition coefficient (Wildman–Crippen LogP) is 2.92. The van der Waals surface area contributed by atoms with Gasteiger partial charge in [0.2, 0.25) is 0 Å². The molecule has 0 saturated carbocycles. The Labute approximate surface area is 127 Å². The maximum Gasteiger partial charge on any atom is 0.316 e. The summed E-state index contributed by atoms with van der Waals surface area (Å²) in [6.45, 7) is 2.03. The third-order valence-electron chi connectivity index (χ3n) is 2.87. The number of amides is 2. The van der Waals surface area contributed by atoms with Gasteiger partial charge in [0, 0.05) is 48.7 Å². The Kier molecular flexibility index (Phi) is 5.23. The van der Waals surface area contributed by atoms with Crippen molar-refractivity contribution in [2.24, 2.45) is 0 Å². The van der Waals surface area contributed by atoms with E-state index < -0.39 is 0 Å². The van der Waals surface area contributed by atoms with Crippen molar-refractivity contribution in [3.8, 4) is 0 Å². The number of fused-ring (bicyclic) bond motifs is 1. The number of nitrogens with zero attached hydrogens (tertiary/aromatic N) is 1. The number of carbonyl (C=O) groups is 1. The molecular formula is C14H18ClN3OS. The van der Waals surface area contributed by atoms with Gasteiger partial charge in [-0.15, -0.1) is 11.3 Å². The van der Waals surface area contributed by atoms with Crippen LogP contribution in [0.1, 0.15) is 4.88 Å². The summed E-state index contributed by atoms with van der Waals surface area (Å²) >= 11 is 8.06. The average Bonchev–Trinajstić information content (AvgIpc) is 2.75. The van der Waals surface area contributed by atoms with Gasteiger partial charge < -0.3 is 15.5 Å². The summed E-state index contributed by atoms with van der Waals surface area (Å²) in [5.41, 5.74) is 0. The largest absolute Gasteiger partial charge is 0.337 e. The minimum Gasteiger partial charge on any atom is -0.337 e. The van der Waals surface area contributed by atoms with E-state index in [1.807, 2.05) is 18.2 Å². The Bertz CT molecular complexity index is 597. The monoisotopic (exact) mass is 311 g/mol. The zero-order valence-electron chi connectivity index (χ0n) is 11.6. The van der Waals surface area contributed by atoms with Crippen molar-refractivity contribution in [2.75, 3.05) is 27.2 Å². The van der Waals surface area contributed by atoms with E-state index in [2.05, 4.69) is 16.7 Å². The van der Waals surface area contributed by atoms with Crippen LogP contribution < -0.4 is 10.6 Å². The lowest BCUT2D eigenvalue weighted by atomic mass is 10.2. The quantitative estimate of drug-likeness (QED) is 0.834. The van der Waals surface area contributed by atoms with Crippen LogP contribution in [-0.2, 0) is 6.54 Å². The van der Waals surface area contributed by atoms with Crippen LogP contribution in [0.5, 0.6) is 0 Å².